The highest BCUT2D eigenvalue weighted by Gasteiger charge is 2.41. The minimum atomic E-state index is -0.514. The number of aromatic nitrogens is 2. The maximum absolute atomic E-state index is 13.2. The molecule has 0 saturated heterocycles. The number of carbonyl (C=O) groups is 1. The summed E-state index contributed by atoms with van der Waals surface area (Å²) in [6.07, 6.45) is 3.13. The van der Waals surface area contributed by atoms with Crippen LogP contribution in [0.1, 0.15) is 57.1 Å². The third-order valence-electron chi connectivity index (χ3n) is 4.13. The highest BCUT2D eigenvalue weighted by atomic mass is 16.5. The molecule has 0 radical (unpaired) electrons. The van der Waals surface area contributed by atoms with Crippen molar-refractivity contribution in [2.45, 2.75) is 52.1 Å². The summed E-state index contributed by atoms with van der Waals surface area (Å²) in [5.74, 6) is 0.632. The lowest BCUT2D eigenvalue weighted by atomic mass is 9.84. The van der Waals surface area contributed by atoms with E-state index in [4.69, 9.17) is 4.74 Å². The fourth-order valence-corrected chi connectivity index (χ4v) is 2.73. The molecule has 0 aliphatic rings. The second kappa shape index (κ2) is 6.39. The molecule has 5 nitrogen and oxygen atoms in total. The molecular weight excluding hydrogens is 254 g/mol. The first kappa shape index (κ1) is 16.7. The summed E-state index contributed by atoms with van der Waals surface area (Å²) in [6, 6.07) is 0.117. The molecule has 0 aliphatic carbocycles. The van der Waals surface area contributed by atoms with Gasteiger partial charge in [-0.05, 0) is 40.8 Å². The van der Waals surface area contributed by atoms with Gasteiger partial charge in [0.25, 0.3) is 0 Å². The Morgan fingerprint density at radius 3 is 2.30 bits per heavy atom. The maximum Gasteiger partial charge on any atom is 0.204 e. The number of ketones is 1. The van der Waals surface area contributed by atoms with Gasteiger partial charge in [-0.1, -0.05) is 13.8 Å². The summed E-state index contributed by atoms with van der Waals surface area (Å²) in [5, 5.41) is 4.30. The molecule has 114 valence electrons. The van der Waals surface area contributed by atoms with Gasteiger partial charge in [0.1, 0.15) is 5.69 Å². The summed E-state index contributed by atoms with van der Waals surface area (Å²) in [4.78, 5) is 15.2. The normalized spacial score (nSPS) is 12.2. The minimum absolute atomic E-state index is 0.0792. The van der Waals surface area contributed by atoms with E-state index in [9.17, 15) is 4.79 Å². The predicted octanol–water partition coefficient (Wildman–Crippen LogP) is 2.78. The quantitative estimate of drug-likeness (QED) is 0.721. The lowest BCUT2D eigenvalue weighted by Crippen LogP contribution is -2.51. The lowest BCUT2D eigenvalue weighted by molar-refractivity contribution is 0.0639. The Kier molecular flexibility index (Phi) is 5.34. The Hall–Kier alpha value is -1.36. The number of methoxy groups -OCH3 is 1. The second-order valence-corrected chi connectivity index (χ2v) is 5.56. The third-order valence-corrected chi connectivity index (χ3v) is 4.13. The van der Waals surface area contributed by atoms with Crippen molar-refractivity contribution in [1.29, 1.82) is 0 Å². The molecule has 5 heteroatoms. The summed E-state index contributed by atoms with van der Waals surface area (Å²) in [6.45, 7) is 8.12. The van der Waals surface area contributed by atoms with Crippen molar-refractivity contribution in [1.82, 2.24) is 14.7 Å². The Bertz CT molecular complexity index is 460. The van der Waals surface area contributed by atoms with Crippen molar-refractivity contribution in [3.8, 4) is 5.75 Å². The minimum Gasteiger partial charge on any atom is -0.493 e. The van der Waals surface area contributed by atoms with E-state index >= 15 is 0 Å². The van der Waals surface area contributed by atoms with Crippen molar-refractivity contribution in [3.05, 3.63) is 11.9 Å². The molecule has 0 N–H and O–H groups in total. The molecule has 0 fully saturated rings. The highest BCUT2D eigenvalue weighted by molar-refractivity contribution is 6.04. The van der Waals surface area contributed by atoms with Crippen LogP contribution in [0.2, 0.25) is 0 Å². The van der Waals surface area contributed by atoms with E-state index in [1.807, 2.05) is 46.7 Å². The number of hydrogen-bond donors (Lipinski definition) is 0. The Morgan fingerprint density at radius 2 is 1.95 bits per heavy atom. The third kappa shape index (κ3) is 2.59. The van der Waals surface area contributed by atoms with Gasteiger partial charge in [0.2, 0.25) is 5.78 Å². The monoisotopic (exact) mass is 281 g/mol. The number of carbonyl (C=O) groups excluding carboxylic acids is 1. The molecule has 1 aromatic heterocycles. The van der Waals surface area contributed by atoms with Gasteiger partial charge in [-0.15, -0.1) is 0 Å². The van der Waals surface area contributed by atoms with E-state index in [-0.39, 0.29) is 11.8 Å². The molecule has 0 spiro atoms. The van der Waals surface area contributed by atoms with Gasteiger partial charge in [-0.3, -0.25) is 14.4 Å². The van der Waals surface area contributed by atoms with Crippen LogP contribution in [-0.2, 0) is 0 Å². The summed E-state index contributed by atoms with van der Waals surface area (Å²) in [5.41, 5.74) is 0.0554. The van der Waals surface area contributed by atoms with Gasteiger partial charge in [-0.2, -0.15) is 5.10 Å². The van der Waals surface area contributed by atoms with Crippen LogP contribution in [0.4, 0.5) is 0 Å². The number of ether oxygens (including phenoxy) is 1. The average molecular weight is 281 g/mol. The van der Waals surface area contributed by atoms with Crippen molar-refractivity contribution >= 4 is 5.78 Å². The molecule has 0 aliphatic heterocycles. The van der Waals surface area contributed by atoms with Crippen LogP contribution in [0.5, 0.6) is 5.75 Å². The second-order valence-electron chi connectivity index (χ2n) is 5.56. The Balaban J connectivity index is 3.42. The van der Waals surface area contributed by atoms with Crippen molar-refractivity contribution in [2.75, 3.05) is 21.2 Å². The zero-order valence-electron chi connectivity index (χ0n) is 13.7. The summed E-state index contributed by atoms with van der Waals surface area (Å²) < 4.78 is 7.09. The molecular formula is C15H27N3O2. The van der Waals surface area contributed by atoms with Gasteiger partial charge >= 0.3 is 0 Å². The smallest absolute Gasteiger partial charge is 0.204 e. The first-order valence-corrected chi connectivity index (χ1v) is 7.19. The zero-order valence-corrected chi connectivity index (χ0v) is 13.7. The molecule has 0 atom stereocenters. The van der Waals surface area contributed by atoms with Gasteiger partial charge in [0.15, 0.2) is 5.75 Å². The summed E-state index contributed by atoms with van der Waals surface area (Å²) in [7, 11) is 5.48. The number of rotatable bonds is 7. The van der Waals surface area contributed by atoms with E-state index in [0.29, 0.717) is 11.4 Å². The van der Waals surface area contributed by atoms with E-state index in [0.717, 1.165) is 12.8 Å². The lowest BCUT2D eigenvalue weighted by Gasteiger charge is -2.37. The Labute approximate surface area is 121 Å². The Morgan fingerprint density at radius 1 is 1.40 bits per heavy atom. The first-order chi connectivity index (χ1) is 9.35. The predicted molar refractivity (Wildman–Crippen MR) is 80.5 cm³/mol. The van der Waals surface area contributed by atoms with Crippen LogP contribution in [0.25, 0.3) is 0 Å². The molecule has 0 unspecified atom stereocenters. The van der Waals surface area contributed by atoms with Crippen LogP contribution >= 0.6 is 0 Å². The van der Waals surface area contributed by atoms with Crippen LogP contribution in [0, 0.1) is 0 Å². The van der Waals surface area contributed by atoms with Gasteiger partial charge < -0.3 is 4.74 Å². The molecule has 20 heavy (non-hydrogen) atoms. The number of Topliss-reactive ketones (excluding diaryl/α,β-unsaturated/α-hetero) is 1. The fraction of sp³-hybridized carbons (Fsp3) is 0.733. The summed E-state index contributed by atoms with van der Waals surface area (Å²) >= 11 is 0. The number of likely N-dealkylation sites (N-methyl/N-ethyl adjacent to an activating group) is 1. The van der Waals surface area contributed by atoms with E-state index in [1.54, 1.807) is 18.0 Å². The van der Waals surface area contributed by atoms with Crippen molar-refractivity contribution < 1.29 is 9.53 Å². The SMILES string of the molecule is CCC(CC)(C(=O)c1c(OC)cnn1C(C)C)N(C)C. The fourth-order valence-electron chi connectivity index (χ4n) is 2.73. The molecule has 0 aromatic carbocycles. The zero-order chi connectivity index (χ0) is 15.5. The van der Waals surface area contributed by atoms with Gasteiger partial charge in [0.05, 0.1) is 18.8 Å². The molecule has 1 rings (SSSR count). The van der Waals surface area contributed by atoms with Crippen molar-refractivity contribution in [2.24, 2.45) is 0 Å². The van der Waals surface area contributed by atoms with Crippen molar-refractivity contribution in [3.63, 3.8) is 0 Å². The topological polar surface area (TPSA) is 47.4 Å². The molecule has 0 bridgehead atoms. The molecule has 0 saturated carbocycles. The van der Waals surface area contributed by atoms with Crippen LogP contribution < -0.4 is 4.74 Å². The van der Waals surface area contributed by atoms with Gasteiger partial charge in [0, 0.05) is 6.04 Å². The van der Waals surface area contributed by atoms with E-state index in [1.165, 1.54) is 0 Å². The van der Waals surface area contributed by atoms with E-state index < -0.39 is 5.54 Å². The maximum atomic E-state index is 13.2. The highest BCUT2D eigenvalue weighted by Crippen LogP contribution is 2.31. The molecule has 1 heterocycles. The van der Waals surface area contributed by atoms with Gasteiger partial charge in [-0.25, -0.2) is 0 Å². The number of hydrogen-bond acceptors (Lipinski definition) is 4. The number of nitrogens with zero attached hydrogens (tertiary/aromatic N) is 3. The van der Waals surface area contributed by atoms with Crippen LogP contribution in [-0.4, -0.2) is 47.2 Å². The largest absolute Gasteiger partial charge is 0.493 e. The first-order valence-electron chi connectivity index (χ1n) is 7.19. The van der Waals surface area contributed by atoms with Crippen LogP contribution in [0.3, 0.4) is 0 Å². The molecule has 1 aromatic rings. The average Bonchev–Trinajstić information content (AvgIpc) is 2.83. The van der Waals surface area contributed by atoms with Crippen LogP contribution in [0.15, 0.2) is 6.20 Å². The standard InChI is InChI=1S/C15H27N3O2/c1-8-15(9-2,17(5)6)14(19)13-12(20-7)10-16-18(13)11(3)4/h10-11H,8-9H2,1-7H3. The molecule has 0 amide bonds. The van der Waals surface area contributed by atoms with E-state index in [2.05, 4.69) is 5.10 Å².